The molecule has 0 spiro atoms. The van der Waals surface area contributed by atoms with Crippen LogP contribution in [0.2, 0.25) is 5.02 Å². The fourth-order valence-corrected chi connectivity index (χ4v) is 1.21. The quantitative estimate of drug-likeness (QED) is 0.488. The maximum atomic E-state index is 11.4. The number of hydrogen-bond acceptors (Lipinski definition) is 3. The molecule has 7 heteroatoms. The lowest BCUT2D eigenvalue weighted by molar-refractivity contribution is 0.0370. The molecule has 0 aliphatic rings. The molecular formula is C9H10Cl2N2O3. The van der Waals surface area contributed by atoms with Gasteiger partial charge in [0.1, 0.15) is 5.56 Å². The highest BCUT2D eigenvalue weighted by molar-refractivity contribution is 6.31. The Labute approximate surface area is 102 Å². The predicted octanol–water partition coefficient (Wildman–Crippen LogP) is 1.24. The van der Waals surface area contributed by atoms with E-state index >= 15 is 0 Å². The van der Waals surface area contributed by atoms with Crippen LogP contribution in [0.4, 0.5) is 0 Å². The number of halogens is 2. The number of nitrogens with one attached hydrogen (secondary N) is 2. The minimum Gasteiger partial charge on any atom is -0.324 e. The number of pyridine rings is 1. The van der Waals surface area contributed by atoms with Gasteiger partial charge in [0.15, 0.2) is 0 Å². The van der Waals surface area contributed by atoms with Crippen molar-refractivity contribution in [1.29, 1.82) is 0 Å². The summed E-state index contributed by atoms with van der Waals surface area (Å²) in [6.07, 6.45) is 0. The monoisotopic (exact) mass is 264 g/mol. The van der Waals surface area contributed by atoms with Crippen LogP contribution in [0.1, 0.15) is 16.1 Å². The van der Waals surface area contributed by atoms with Crippen LogP contribution in [-0.2, 0) is 4.84 Å². The minimum absolute atomic E-state index is 0.106. The van der Waals surface area contributed by atoms with E-state index in [0.717, 1.165) is 0 Å². The van der Waals surface area contributed by atoms with Crippen molar-refractivity contribution in [3.8, 4) is 0 Å². The molecule has 1 amide bonds. The highest BCUT2D eigenvalue weighted by Gasteiger charge is 2.12. The Morgan fingerprint density at radius 2 is 2.31 bits per heavy atom. The molecule has 5 nitrogen and oxygen atoms in total. The van der Waals surface area contributed by atoms with E-state index in [9.17, 15) is 9.59 Å². The Morgan fingerprint density at radius 3 is 2.94 bits per heavy atom. The molecule has 1 rings (SSSR count). The standard InChI is InChI=1S/C9H10Cl2N2O3/c1-5-7(11)4-6(8(14)12-5)9(15)13-16-3-2-10/h4H,2-3H2,1H3,(H,12,14)(H,13,15). The second kappa shape index (κ2) is 5.89. The summed E-state index contributed by atoms with van der Waals surface area (Å²) in [6, 6.07) is 1.29. The molecular weight excluding hydrogens is 255 g/mol. The van der Waals surface area contributed by atoms with Crippen LogP contribution in [0, 0.1) is 6.92 Å². The Hall–Kier alpha value is -1.04. The average molecular weight is 265 g/mol. The van der Waals surface area contributed by atoms with Gasteiger partial charge in [0.2, 0.25) is 0 Å². The smallest absolute Gasteiger partial charge is 0.280 e. The first-order valence-electron chi connectivity index (χ1n) is 4.43. The lowest BCUT2D eigenvalue weighted by atomic mass is 10.2. The van der Waals surface area contributed by atoms with Gasteiger partial charge in [0, 0.05) is 11.6 Å². The summed E-state index contributed by atoms with van der Waals surface area (Å²) in [7, 11) is 0. The first kappa shape index (κ1) is 13.0. The molecule has 0 aliphatic carbocycles. The van der Waals surface area contributed by atoms with E-state index in [2.05, 4.69) is 10.5 Å². The number of carbonyl (C=O) groups is 1. The molecule has 0 bridgehead atoms. The zero-order chi connectivity index (χ0) is 12.1. The molecule has 1 aromatic heterocycles. The SMILES string of the molecule is Cc1[nH]c(=O)c(C(=O)NOCCCl)cc1Cl. The fraction of sp³-hybridized carbons (Fsp3) is 0.333. The molecule has 0 fully saturated rings. The summed E-state index contributed by atoms with van der Waals surface area (Å²) in [4.78, 5) is 30.0. The third kappa shape index (κ3) is 3.23. The van der Waals surface area contributed by atoms with Crippen LogP contribution in [0.25, 0.3) is 0 Å². The van der Waals surface area contributed by atoms with E-state index < -0.39 is 11.5 Å². The summed E-state index contributed by atoms with van der Waals surface area (Å²) in [5.41, 5.74) is 1.96. The zero-order valence-corrected chi connectivity index (χ0v) is 9.98. The van der Waals surface area contributed by atoms with Gasteiger partial charge in [-0.2, -0.15) is 0 Å². The van der Waals surface area contributed by atoms with E-state index in [-0.39, 0.29) is 18.1 Å². The summed E-state index contributed by atoms with van der Waals surface area (Å²) < 4.78 is 0. The van der Waals surface area contributed by atoms with E-state index in [1.54, 1.807) is 6.92 Å². The molecule has 88 valence electrons. The van der Waals surface area contributed by atoms with Gasteiger partial charge in [-0.05, 0) is 13.0 Å². The lowest BCUT2D eigenvalue weighted by Crippen LogP contribution is -2.30. The van der Waals surface area contributed by atoms with Crippen molar-refractivity contribution in [1.82, 2.24) is 10.5 Å². The number of rotatable bonds is 4. The van der Waals surface area contributed by atoms with Gasteiger partial charge in [0.05, 0.1) is 11.6 Å². The maximum absolute atomic E-state index is 11.4. The maximum Gasteiger partial charge on any atom is 0.280 e. The Balaban J connectivity index is 2.84. The van der Waals surface area contributed by atoms with Crippen molar-refractivity contribution in [2.75, 3.05) is 12.5 Å². The summed E-state index contributed by atoms with van der Waals surface area (Å²) >= 11 is 11.1. The Kier molecular flexibility index (Phi) is 4.79. The highest BCUT2D eigenvalue weighted by atomic mass is 35.5. The first-order valence-corrected chi connectivity index (χ1v) is 5.35. The average Bonchev–Trinajstić information content (AvgIpc) is 2.23. The zero-order valence-electron chi connectivity index (χ0n) is 8.47. The van der Waals surface area contributed by atoms with Crippen molar-refractivity contribution >= 4 is 29.1 Å². The van der Waals surface area contributed by atoms with Crippen molar-refractivity contribution < 1.29 is 9.63 Å². The number of aryl methyl sites for hydroxylation is 1. The van der Waals surface area contributed by atoms with E-state index in [1.165, 1.54) is 6.07 Å². The molecule has 0 saturated heterocycles. The summed E-state index contributed by atoms with van der Waals surface area (Å²) in [5, 5.41) is 0.307. The number of aromatic nitrogens is 1. The molecule has 1 heterocycles. The van der Waals surface area contributed by atoms with Gasteiger partial charge < -0.3 is 4.98 Å². The molecule has 0 saturated carbocycles. The van der Waals surface area contributed by atoms with Crippen LogP contribution >= 0.6 is 23.2 Å². The highest BCUT2D eigenvalue weighted by Crippen LogP contribution is 2.11. The Bertz CT molecular complexity index is 445. The molecule has 0 aliphatic heterocycles. The van der Waals surface area contributed by atoms with Crippen molar-refractivity contribution in [3.63, 3.8) is 0 Å². The number of alkyl halides is 1. The molecule has 1 aromatic rings. The van der Waals surface area contributed by atoms with Crippen LogP contribution < -0.4 is 11.0 Å². The third-order valence-corrected chi connectivity index (χ3v) is 2.31. The molecule has 2 N–H and O–H groups in total. The van der Waals surface area contributed by atoms with E-state index in [1.807, 2.05) is 0 Å². The van der Waals surface area contributed by atoms with Gasteiger partial charge >= 0.3 is 0 Å². The van der Waals surface area contributed by atoms with Gasteiger partial charge in [0.25, 0.3) is 11.5 Å². The second-order valence-electron chi connectivity index (χ2n) is 2.95. The van der Waals surface area contributed by atoms with Crippen LogP contribution in [0.15, 0.2) is 10.9 Å². The van der Waals surface area contributed by atoms with Crippen molar-refractivity contribution in [2.24, 2.45) is 0 Å². The normalized spacial score (nSPS) is 10.2. The number of carbonyl (C=O) groups excluding carboxylic acids is 1. The van der Waals surface area contributed by atoms with Crippen LogP contribution in [0.3, 0.4) is 0 Å². The number of amides is 1. The molecule has 16 heavy (non-hydrogen) atoms. The number of hydroxylamine groups is 1. The van der Waals surface area contributed by atoms with Gasteiger partial charge in [-0.25, -0.2) is 5.48 Å². The molecule has 0 atom stereocenters. The van der Waals surface area contributed by atoms with Crippen LogP contribution in [-0.4, -0.2) is 23.4 Å². The van der Waals surface area contributed by atoms with E-state index in [0.29, 0.717) is 10.7 Å². The second-order valence-corrected chi connectivity index (χ2v) is 3.74. The van der Waals surface area contributed by atoms with Gasteiger partial charge in [-0.3, -0.25) is 14.4 Å². The van der Waals surface area contributed by atoms with Crippen LogP contribution in [0.5, 0.6) is 0 Å². The Morgan fingerprint density at radius 1 is 1.62 bits per heavy atom. The fourth-order valence-electron chi connectivity index (χ4n) is 0.977. The molecule has 0 radical (unpaired) electrons. The van der Waals surface area contributed by atoms with Crippen molar-refractivity contribution in [3.05, 3.63) is 32.7 Å². The first-order chi connectivity index (χ1) is 7.56. The molecule has 0 unspecified atom stereocenters. The minimum atomic E-state index is -0.659. The van der Waals surface area contributed by atoms with Crippen molar-refractivity contribution in [2.45, 2.75) is 6.92 Å². The van der Waals surface area contributed by atoms with Gasteiger partial charge in [-0.15, -0.1) is 11.6 Å². The summed E-state index contributed by atoms with van der Waals surface area (Å²) in [5.74, 6) is -0.418. The number of H-pyrrole nitrogens is 1. The predicted molar refractivity (Wildman–Crippen MR) is 60.9 cm³/mol. The van der Waals surface area contributed by atoms with E-state index in [4.69, 9.17) is 28.0 Å². The number of aromatic amines is 1. The molecule has 0 aromatic carbocycles. The van der Waals surface area contributed by atoms with Gasteiger partial charge in [-0.1, -0.05) is 11.6 Å². The number of hydrogen-bond donors (Lipinski definition) is 2. The summed E-state index contributed by atoms with van der Waals surface area (Å²) in [6.45, 7) is 1.79. The largest absolute Gasteiger partial charge is 0.324 e. The topological polar surface area (TPSA) is 71.2 Å². The lowest BCUT2D eigenvalue weighted by Gasteiger charge is -2.05. The third-order valence-electron chi connectivity index (χ3n) is 1.76.